The molecule has 0 amide bonds. The average molecular weight is 281 g/mol. The number of nitrogens with zero attached hydrogens (tertiary/aromatic N) is 1. The van der Waals surface area contributed by atoms with Gasteiger partial charge in [0.25, 0.3) is 0 Å². The first-order valence-corrected chi connectivity index (χ1v) is 7.31. The van der Waals surface area contributed by atoms with E-state index in [0.717, 1.165) is 29.2 Å². The number of hydrogen-bond donors (Lipinski definition) is 1. The molecule has 1 aromatic carbocycles. The predicted molar refractivity (Wildman–Crippen MR) is 78.4 cm³/mol. The van der Waals surface area contributed by atoms with Gasteiger partial charge >= 0.3 is 0 Å². The molecule has 1 heterocycles. The number of aromatic nitrogens is 1. The van der Waals surface area contributed by atoms with E-state index in [1.165, 1.54) is 5.01 Å². The van der Waals surface area contributed by atoms with Crippen LogP contribution in [0.4, 0.5) is 0 Å². The van der Waals surface area contributed by atoms with E-state index in [1.807, 2.05) is 25.1 Å². The van der Waals surface area contributed by atoms with Crippen molar-refractivity contribution in [3.05, 3.63) is 50.9 Å². The topological polar surface area (TPSA) is 24.9 Å². The van der Waals surface area contributed by atoms with E-state index < -0.39 is 0 Å². The second kappa shape index (κ2) is 6.32. The number of thiazole rings is 1. The second-order valence-electron chi connectivity index (χ2n) is 4.33. The number of rotatable bonds is 5. The van der Waals surface area contributed by atoms with Crippen LogP contribution >= 0.6 is 22.9 Å². The van der Waals surface area contributed by atoms with Crippen molar-refractivity contribution in [2.45, 2.75) is 26.3 Å². The third-order valence-corrected chi connectivity index (χ3v) is 4.20. The van der Waals surface area contributed by atoms with Crippen molar-refractivity contribution < 1.29 is 0 Å². The van der Waals surface area contributed by atoms with Crippen molar-refractivity contribution in [2.24, 2.45) is 0 Å². The molecule has 0 saturated carbocycles. The van der Waals surface area contributed by atoms with Crippen LogP contribution in [-0.4, -0.2) is 11.5 Å². The quantitative estimate of drug-likeness (QED) is 0.895. The van der Waals surface area contributed by atoms with E-state index in [0.29, 0.717) is 0 Å². The number of hydrogen-bond acceptors (Lipinski definition) is 3. The van der Waals surface area contributed by atoms with Gasteiger partial charge in [0.1, 0.15) is 0 Å². The summed E-state index contributed by atoms with van der Waals surface area (Å²) in [5.41, 5.74) is 2.25. The Morgan fingerprint density at radius 3 is 2.83 bits per heavy atom. The highest BCUT2D eigenvalue weighted by atomic mass is 35.5. The Morgan fingerprint density at radius 1 is 1.39 bits per heavy atom. The number of nitrogens with one attached hydrogen (secondary N) is 1. The van der Waals surface area contributed by atoms with Crippen LogP contribution in [0.5, 0.6) is 0 Å². The fourth-order valence-corrected chi connectivity index (χ4v) is 2.92. The molecule has 2 aromatic rings. The number of aryl methyl sites for hydroxylation is 1. The van der Waals surface area contributed by atoms with Crippen LogP contribution in [0.2, 0.25) is 5.02 Å². The Labute approximate surface area is 117 Å². The van der Waals surface area contributed by atoms with E-state index in [2.05, 4.69) is 28.7 Å². The van der Waals surface area contributed by atoms with Gasteiger partial charge in [0.15, 0.2) is 0 Å². The molecule has 2 nitrogen and oxygen atoms in total. The van der Waals surface area contributed by atoms with Crippen molar-refractivity contribution >= 4 is 22.9 Å². The Balaban J connectivity index is 1.85. The Hall–Kier alpha value is -0.900. The third kappa shape index (κ3) is 3.55. The lowest BCUT2D eigenvalue weighted by Gasteiger charge is -2.15. The van der Waals surface area contributed by atoms with Gasteiger partial charge in [-0.25, -0.2) is 4.98 Å². The first-order chi connectivity index (χ1) is 8.66. The standard InChI is InChI=1S/C14H17ClN2S/c1-10-9-18-14(17-10)7-8-16-11(2)12-5-3-4-6-13(12)15/h3-6,9,11,16H,7-8H2,1-2H3. The number of halogens is 1. The van der Waals surface area contributed by atoms with Gasteiger partial charge < -0.3 is 5.32 Å². The summed E-state index contributed by atoms with van der Waals surface area (Å²) in [7, 11) is 0. The van der Waals surface area contributed by atoms with Gasteiger partial charge in [-0.05, 0) is 25.5 Å². The number of benzene rings is 1. The maximum absolute atomic E-state index is 6.17. The normalized spacial score (nSPS) is 12.6. The summed E-state index contributed by atoms with van der Waals surface area (Å²) < 4.78 is 0. The monoisotopic (exact) mass is 280 g/mol. The van der Waals surface area contributed by atoms with E-state index in [9.17, 15) is 0 Å². The highest BCUT2D eigenvalue weighted by Crippen LogP contribution is 2.22. The predicted octanol–water partition coefficient (Wildman–Crippen LogP) is 4.00. The highest BCUT2D eigenvalue weighted by Gasteiger charge is 2.08. The third-order valence-electron chi connectivity index (χ3n) is 2.83. The minimum Gasteiger partial charge on any atom is -0.310 e. The molecule has 0 aliphatic heterocycles. The van der Waals surface area contributed by atoms with Crippen LogP contribution in [-0.2, 0) is 6.42 Å². The van der Waals surface area contributed by atoms with Gasteiger partial charge in [0.05, 0.1) is 5.01 Å². The van der Waals surface area contributed by atoms with Gasteiger partial charge in [0.2, 0.25) is 0 Å². The molecule has 2 rings (SSSR count). The molecule has 0 fully saturated rings. The molecular weight excluding hydrogens is 264 g/mol. The van der Waals surface area contributed by atoms with E-state index in [4.69, 9.17) is 11.6 Å². The fourth-order valence-electron chi connectivity index (χ4n) is 1.85. The molecule has 0 bridgehead atoms. The van der Waals surface area contributed by atoms with Crippen LogP contribution < -0.4 is 5.32 Å². The van der Waals surface area contributed by atoms with Crippen molar-refractivity contribution in [2.75, 3.05) is 6.54 Å². The van der Waals surface area contributed by atoms with E-state index in [-0.39, 0.29) is 6.04 Å². The summed E-state index contributed by atoms with van der Waals surface area (Å²) in [6, 6.07) is 8.23. The molecular formula is C14H17ClN2S. The van der Waals surface area contributed by atoms with Crippen molar-refractivity contribution in [1.82, 2.24) is 10.3 Å². The molecule has 1 unspecified atom stereocenters. The zero-order chi connectivity index (χ0) is 13.0. The smallest absolute Gasteiger partial charge is 0.0940 e. The SMILES string of the molecule is Cc1csc(CCNC(C)c2ccccc2Cl)n1. The van der Waals surface area contributed by atoms with Crippen LogP contribution in [0.1, 0.15) is 29.2 Å². The lowest BCUT2D eigenvalue weighted by atomic mass is 10.1. The van der Waals surface area contributed by atoms with Gasteiger partial charge in [-0.3, -0.25) is 0 Å². The van der Waals surface area contributed by atoms with Crippen molar-refractivity contribution in [3.63, 3.8) is 0 Å². The van der Waals surface area contributed by atoms with E-state index >= 15 is 0 Å². The summed E-state index contributed by atoms with van der Waals surface area (Å²) in [6.07, 6.45) is 0.966. The minimum absolute atomic E-state index is 0.264. The minimum atomic E-state index is 0.264. The zero-order valence-corrected chi connectivity index (χ0v) is 12.2. The molecule has 0 aliphatic carbocycles. The molecule has 0 aliphatic rings. The molecule has 4 heteroatoms. The van der Waals surface area contributed by atoms with Crippen LogP contribution in [0, 0.1) is 6.92 Å². The molecule has 0 saturated heterocycles. The summed E-state index contributed by atoms with van der Waals surface area (Å²) in [6.45, 7) is 5.08. The van der Waals surface area contributed by atoms with Crippen molar-refractivity contribution in [3.8, 4) is 0 Å². The second-order valence-corrected chi connectivity index (χ2v) is 5.68. The Bertz CT molecular complexity index is 510. The van der Waals surface area contributed by atoms with E-state index in [1.54, 1.807) is 11.3 Å². The molecule has 18 heavy (non-hydrogen) atoms. The molecule has 1 N–H and O–H groups in total. The Kier molecular flexibility index (Phi) is 4.75. The molecule has 96 valence electrons. The maximum atomic E-state index is 6.17. The summed E-state index contributed by atoms with van der Waals surface area (Å²) in [5, 5.41) is 7.58. The van der Waals surface area contributed by atoms with Gasteiger partial charge in [0, 0.05) is 35.1 Å². The van der Waals surface area contributed by atoms with Crippen LogP contribution in [0.25, 0.3) is 0 Å². The Morgan fingerprint density at radius 2 is 2.17 bits per heavy atom. The first kappa shape index (κ1) is 13.5. The molecule has 1 aromatic heterocycles. The van der Waals surface area contributed by atoms with Gasteiger partial charge in [-0.2, -0.15) is 0 Å². The first-order valence-electron chi connectivity index (χ1n) is 6.05. The summed E-state index contributed by atoms with van der Waals surface area (Å²) in [4.78, 5) is 4.45. The average Bonchev–Trinajstić information content (AvgIpc) is 2.75. The maximum Gasteiger partial charge on any atom is 0.0940 e. The lowest BCUT2D eigenvalue weighted by molar-refractivity contribution is 0.576. The lowest BCUT2D eigenvalue weighted by Crippen LogP contribution is -2.21. The van der Waals surface area contributed by atoms with Crippen LogP contribution in [0.3, 0.4) is 0 Å². The molecule has 0 spiro atoms. The van der Waals surface area contributed by atoms with Gasteiger partial charge in [-0.15, -0.1) is 11.3 Å². The van der Waals surface area contributed by atoms with Crippen LogP contribution in [0.15, 0.2) is 29.6 Å². The largest absolute Gasteiger partial charge is 0.310 e. The summed E-state index contributed by atoms with van der Waals surface area (Å²) in [5.74, 6) is 0. The highest BCUT2D eigenvalue weighted by molar-refractivity contribution is 7.09. The molecule has 0 radical (unpaired) electrons. The van der Waals surface area contributed by atoms with Crippen molar-refractivity contribution in [1.29, 1.82) is 0 Å². The summed E-state index contributed by atoms with van der Waals surface area (Å²) >= 11 is 7.89. The fraction of sp³-hybridized carbons (Fsp3) is 0.357. The zero-order valence-electron chi connectivity index (χ0n) is 10.6. The van der Waals surface area contributed by atoms with Gasteiger partial charge in [-0.1, -0.05) is 29.8 Å². The molecule has 1 atom stereocenters.